The fraction of sp³-hybridized carbons (Fsp3) is 0.286. The molecule has 0 unspecified atom stereocenters. The second-order valence-electron chi connectivity index (χ2n) is 4.31. The number of carbonyl (C=O) groups is 2. The van der Waals surface area contributed by atoms with Gasteiger partial charge in [-0.2, -0.15) is 0 Å². The zero-order valence-corrected chi connectivity index (χ0v) is 11.4. The molecule has 1 aliphatic rings. The molecule has 0 atom stereocenters. The highest BCUT2D eigenvalue weighted by Crippen LogP contribution is 2.28. The first-order valence-electron chi connectivity index (χ1n) is 5.85. The number of benzene rings is 1. The van der Waals surface area contributed by atoms with Crippen molar-refractivity contribution in [2.45, 2.75) is 25.7 Å². The first kappa shape index (κ1) is 13.0. The van der Waals surface area contributed by atoms with E-state index in [-0.39, 0.29) is 11.4 Å². The Labute approximate surface area is 114 Å². The van der Waals surface area contributed by atoms with Crippen molar-refractivity contribution < 1.29 is 14.7 Å². The lowest BCUT2D eigenvalue weighted by Crippen LogP contribution is -2.15. The van der Waals surface area contributed by atoms with Crippen molar-refractivity contribution in [2.24, 2.45) is 0 Å². The lowest BCUT2D eigenvalue weighted by atomic mass is 9.87. The molecule has 3 nitrogen and oxygen atoms in total. The van der Waals surface area contributed by atoms with Crippen molar-refractivity contribution in [1.29, 1.82) is 0 Å². The minimum atomic E-state index is -0.963. The van der Waals surface area contributed by atoms with Gasteiger partial charge in [0, 0.05) is 21.2 Å². The summed E-state index contributed by atoms with van der Waals surface area (Å²) in [5.41, 5.74) is 1.30. The first-order valence-corrected chi connectivity index (χ1v) is 6.64. The summed E-state index contributed by atoms with van der Waals surface area (Å²) >= 11 is 3.31. The van der Waals surface area contributed by atoms with Crippen molar-refractivity contribution in [3.8, 4) is 0 Å². The van der Waals surface area contributed by atoms with Crippen LogP contribution in [0.25, 0.3) is 0 Å². The highest BCUT2D eigenvalue weighted by atomic mass is 79.9. The Balaban J connectivity index is 2.37. The lowest BCUT2D eigenvalue weighted by Gasteiger charge is -2.16. The molecule has 0 aliphatic heterocycles. The Morgan fingerprint density at radius 3 is 2.11 bits per heavy atom. The third-order valence-electron chi connectivity index (χ3n) is 3.11. The summed E-state index contributed by atoms with van der Waals surface area (Å²) in [6, 6.07) is 7.01. The minimum absolute atomic E-state index is 0.153. The van der Waals surface area contributed by atoms with Gasteiger partial charge in [-0.05, 0) is 49.9 Å². The van der Waals surface area contributed by atoms with E-state index < -0.39 is 5.97 Å². The maximum atomic E-state index is 12.3. The zero-order chi connectivity index (χ0) is 13.1. The minimum Gasteiger partial charge on any atom is -0.478 e. The molecule has 18 heavy (non-hydrogen) atoms. The molecule has 0 radical (unpaired) electrons. The molecule has 2 rings (SSSR count). The van der Waals surface area contributed by atoms with Crippen LogP contribution in [0.15, 0.2) is 39.9 Å². The standard InChI is InChI=1S/C14H13BrO3/c15-10-7-5-9(6-8-10)13(16)11-3-1-2-4-12(11)14(17)18/h5-8H,1-4H2,(H,17,18). The van der Waals surface area contributed by atoms with Crippen LogP contribution < -0.4 is 0 Å². The summed E-state index contributed by atoms with van der Waals surface area (Å²) in [6.45, 7) is 0. The van der Waals surface area contributed by atoms with Crippen LogP contribution in [0, 0.1) is 0 Å². The average Bonchev–Trinajstić information content (AvgIpc) is 2.39. The summed E-state index contributed by atoms with van der Waals surface area (Å²) in [5.74, 6) is -1.12. The topological polar surface area (TPSA) is 54.4 Å². The highest BCUT2D eigenvalue weighted by molar-refractivity contribution is 9.10. The summed E-state index contributed by atoms with van der Waals surface area (Å²) in [6.07, 6.45) is 2.79. The molecule has 0 saturated heterocycles. The third-order valence-corrected chi connectivity index (χ3v) is 3.64. The predicted octanol–water partition coefficient (Wildman–Crippen LogP) is 3.59. The zero-order valence-electron chi connectivity index (χ0n) is 9.78. The Morgan fingerprint density at radius 2 is 1.56 bits per heavy atom. The quantitative estimate of drug-likeness (QED) is 0.868. The van der Waals surface area contributed by atoms with E-state index in [9.17, 15) is 9.59 Å². The molecule has 0 heterocycles. The molecule has 0 bridgehead atoms. The second kappa shape index (κ2) is 5.48. The van der Waals surface area contributed by atoms with Crippen molar-refractivity contribution in [3.63, 3.8) is 0 Å². The Morgan fingerprint density at radius 1 is 1.00 bits per heavy atom. The van der Waals surface area contributed by atoms with Crippen LogP contribution >= 0.6 is 15.9 Å². The number of Topliss-reactive ketones (excluding diaryl/α,β-unsaturated/α-hetero) is 1. The van der Waals surface area contributed by atoms with Gasteiger partial charge in [-0.25, -0.2) is 4.79 Å². The largest absolute Gasteiger partial charge is 0.478 e. The van der Waals surface area contributed by atoms with Gasteiger partial charge in [-0.15, -0.1) is 0 Å². The first-order chi connectivity index (χ1) is 8.59. The second-order valence-corrected chi connectivity index (χ2v) is 5.22. The van der Waals surface area contributed by atoms with Crippen LogP contribution in [0.1, 0.15) is 36.0 Å². The van der Waals surface area contributed by atoms with Crippen LogP contribution in [0.5, 0.6) is 0 Å². The maximum absolute atomic E-state index is 12.3. The van der Waals surface area contributed by atoms with E-state index in [0.717, 1.165) is 17.3 Å². The Hall–Kier alpha value is -1.42. The van der Waals surface area contributed by atoms with Gasteiger partial charge in [0.2, 0.25) is 0 Å². The van der Waals surface area contributed by atoms with E-state index >= 15 is 0 Å². The number of halogens is 1. The van der Waals surface area contributed by atoms with Crippen molar-refractivity contribution in [1.82, 2.24) is 0 Å². The van der Waals surface area contributed by atoms with Gasteiger partial charge in [0.15, 0.2) is 5.78 Å². The van der Waals surface area contributed by atoms with E-state index in [4.69, 9.17) is 5.11 Å². The van der Waals surface area contributed by atoms with Gasteiger partial charge < -0.3 is 5.11 Å². The molecule has 1 aromatic rings. The Kier molecular flexibility index (Phi) is 3.97. The van der Waals surface area contributed by atoms with Crippen molar-refractivity contribution in [3.05, 3.63) is 45.4 Å². The highest BCUT2D eigenvalue weighted by Gasteiger charge is 2.24. The number of rotatable bonds is 3. The number of hydrogen-bond donors (Lipinski definition) is 1. The molecule has 1 aromatic carbocycles. The van der Waals surface area contributed by atoms with Crippen molar-refractivity contribution in [2.75, 3.05) is 0 Å². The van der Waals surface area contributed by atoms with Gasteiger partial charge >= 0.3 is 5.97 Å². The molecular formula is C14H13BrO3. The van der Waals surface area contributed by atoms with Gasteiger partial charge in [0.05, 0.1) is 0 Å². The molecule has 0 spiro atoms. The lowest BCUT2D eigenvalue weighted by molar-refractivity contribution is -0.133. The summed E-state index contributed by atoms with van der Waals surface area (Å²) in [7, 11) is 0. The average molecular weight is 309 g/mol. The monoisotopic (exact) mass is 308 g/mol. The molecule has 94 valence electrons. The van der Waals surface area contributed by atoms with E-state index in [0.29, 0.717) is 24.0 Å². The van der Waals surface area contributed by atoms with E-state index in [1.807, 2.05) is 0 Å². The number of carbonyl (C=O) groups excluding carboxylic acids is 1. The van der Waals surface area contributed by atoms with E-state index in [1.165, 1.54) is 0 Å². The molecule has 0 amide bonds. The van der Waals surface area contributed by atoms with Crippen LogP contribution in [0.3, 0.4) is 0 Å². The Bertz CT molecular complexity index is 514. The van der Waals surface area contributed by atoms with Crippen LogP contribution in [0.4, 0.5) is 0 Å². The summed E-state index contributed by atoms with van der Waals surface area (Å²) in [5, 5.41) is 9.13. The van der Waals surface area contributed by atoms with Crippen LogP contribution in [-0.2, 0) is 4.79 Å². The molecule has 4 heteroatoms. The van der Waals surface area contributed by atoms with Crippen LogP contribution in [-0.4, -0.2) is 16.9 Å². The number of carboxylic acids is 1. The SMILES string of the molecule is O=C(O)C1=C(C(=O)c2ccc(Br)cc2)CCCC1. The summed E-state index contributed by atoms with van der Waals surface area (Å²) in [4.78, 5) is 23.4. The van der Waals surface area contributed by atoms with Gasteiger partial charge in [0.1, 0.15) is 0 Å². The van der Waals surface area contributed by atoms with E-state index in [1.54, 1.807) is 24.3 Å². The van der Waals surface area contributed by atoms with E-state index in [2.05, 4.69) is 15.9 Å². The fourth-order valence-electron chi connectivity index (χ4n) is 2.17. The maximum Gasteiger partial charge on any atom is 0.331 e. The van der Waals surface area contributed by atoms with Gasteiger partial charge in [-0.1, -0.05) is 15.9 Å². The number of carboxylic acid groups (broad SMARTS) is 1. The number of ketones is 1. The van der Waals surface area contributed by atoms with Crippen LogP contribution in [0.2, 0.25) is 0 Å². The number of allylic oxidation sites excluding steroid dienone is 1. The molecule has 0 aromatic heterocycles. The fourth-order valence-corrected chi connectivity index (χ4v) is 2.43. The number of aliphatic carboxylic acids is 1. The molecule has 0 fully saturated rings. The normalized spacial score (nSPS) is 15.6. The summed E-state index contributed by atoms with van der Waals surface area (Å²) < 4.78 is 0.898. The van der Waals surface area contributed by atoms with Crippen molar-refractivity contribution >= 4 is 27.7 Å². The molecule has 1 aliphatic carbocycles. The molecule has 0 saturated carbocycles. The molecule has 1 N–H and O–H groups in total. The third kappa shape index (κ3) is 2.70. The smallest absolute Gasteiger partial charge is 0.331 e. The predicted molar refractivity (Wildman–Crippen MR) is 71.6 cm³/mol. The number of hydrogen-bond acceptors (Lipinski definition) is 2. The van der Waals surface area contributed by atoms with Gasteiger partial charge in [-0.3, -0.25) is 4.79 Å². The van der Waals surface area contributed by atoms with Gasteiger partial charge in [0.25, 0.3) is 0 Å². The molecular weight excluding hydrogens is 296 g/mol.